The Morgan fingerprint density at radius 3 is 2.33 bits per heavy atom. The molecule has 1 aromatic rings. The summed E-state index contributed by atoms with van der Waals surface area (Å²) in [4.78, 5) is 0. The quantitative estimate of drug-likeness (QED) is 0.511. The molecule has 66 valence electrons. The lowest BCUT2D eigenvalue weighted by atomic mass is 10.1. The van der Waals surface area contributed by atoms with Gasteiger partial charge < -0.3 is 0 Å². The van der Waals surface area contributed by atoms with Gasteiger partial charge in [0.05, 0.1) is 0 Å². The van der Waals surface area contributed by atoms with Gasteiger partial charge in [0, 0.05) is 6.04 Å². The van der Waals surface area contributed by atoms with Gasteiger partial charge in [-0.1, -0.05) is 30.3 Å². The molecule has 0 aliphatic heterocycles. The number of rotatable bonds is 3. The predicted octanol–water partition coefficient (Wildman–Crippen LogP) is 0.667. The number of hydrazine groups is 2. The molecule has 0 heterocycles. The first-order chi connectivity index (χ1) is 5.70. The highest BCUT2D eigenvalue weighted by atomic mass is 15.6. The minimum absolute atomic E-state index is 0.174. The SMILES string of the molecule is CC(Cc1ccccc1)N(N)N. The van der Waals surface area contributed by atoms with Gasteiger partial charge in [0.2, 0.25) is 0 Å². The lowest BCUT2D eigenvalue weighted by Gasteiger charge is -2.18. The van der Waals surface area contributed by atoms with Crippen LogP contribution in [-0.2, 0) is 6.42 Å². The molecule has 1 aromatic carbocycles. The van der Waals surface area contributed by atoms with Crippen LogP contribution >= 0.6 is 0 Å². The van der Waals surface area contributed by atoms with Crippen molar-refractivity contribution in [3.63, 3.8) is 0 Å². The summed E-state index contributed by atoms with van der Waals surface area (Å²) in [5, 5.41) is 1.24. The van der Waals surface area contributed by atoms with Crippen LogP contribution in [0.15, 0.2) is 30.3 Å². The van der Waals surface area contributed by atoms with Gasteiger partial charge in [-0.2, -0.15) is 5.12 Å². The van der Waals surface area contributed by atoms with Crippen LogP contribution in [0.5, 0.6) is 0 Å². The van der Waals surface area contributed by atoms with E-state index in [0.29, 0.717) is 0 Å². The molecule has 4 N–H and O–H groups in total. The number of nitrogens with two attached hydrogens (primary N) is 2. The maximum atomic E-state index is 5.39. The zero-order chi connectivity index (χ0) is 8.97. The fourth-order valence-electron chi connectivity index (χ4n) is 1.06. The third-order valence-electron chi connectivity index (χ3n) is 1.88. The molecule has 1 rings (SSSR count). The predicted molar refractivity (Wildman–Crippen MR) is 49.8 cm³/mol. The number of hydrogen-bond donors (Lipinski definition) is 2. The molecule has 0 aromatic heterocycles. The second-order valence-electron chi connectivity index (χ2n) is 2.99. The van der Waals surface area contributed by atoms with Gasteiger partial charge in [0.1, 0.15) is 0 Å². The van der Waals surface area contributed by atoms with Gasteiger partial charge in [-0.05, 0) is 18.9 Å². The summed E-state index contributed by atoms with van der Waals surface area (Å²) in [7, 11) is 0. The summed E-state index contributed by atoms with van der Waals surface area (Å²) in [6.45, 7) is 1.99. The second-order valence-corrected chi connectivity index (χ2v) is 2.99. The standard InChI is InChI=1S/C9H15N3/c1-8(12(10)11)7-9-5-3-2-4-6-9/h2-6,8H,7,10-11H2,1H3. The molecule has 0 saturated heterocycles. The van der Waals surface area contributed by atoms with Crippen molar-refractivity contribution in [2.45, 2.75) is 19.4 Å². The summed E-state index contributed by atoms with van der Waals surface area (Å²) in [5.41, 5.74) is 1.26. The van der Waals surface area contributed by atoms with E-state index in [2.05, 4.69) is 12.1 Å². The Morgan fingerprint density at radius 2 is 1.83 bits per heavy atom. The molecular weight excluding hydrogens is 150 g/mol. The highest BCUT2D eigenvalue weighted by molar-refractivity contribution is 5.15. The van der Waals surface area contributed by atoms with Crippen LogP contribution in [0.1, 0.15) is 12.5 Å². The van der Waals surface area contributed by atoms with E-state index in [1.165, 1.54) is 10.7 Å². The van der Waals surface area contributed by atoms with Gasteiger partial charge in [-0.25, -0.2) is 0 Å². The van der Waals surface area contributed by atoms with Crippen LogP contribution in [0.2, 0.25) is 0 Å². The van der Waals surface area contributed by atoms with E-state index in [0.717, 1.165) is 6.42 Å². The highest BCUT2D eigenvalue weighted by Crippen LogP contribution is 2.03. The zero-order valence-electron chi connectivity index (χ0n) is 7.27. The summed E-state index contributed by atoms with van der Waals surface area (Å²) in [6.07, 6.45) is 0.883. The van der Waals surface area contributed by atoms with Crippen molar-refractivity contribution in [1.82, 2.24) is 5.12 Å². The van der Waals surface area contributed by atoms with E-state index in [1.807, 2.05) is 25.1 Å². The maximum Gasteiger partial charge on any atom is 0.0407 e. The molecule has 0 amide bonds. The smallest absolute Gasteiger partial charge is 0.0407 e. The molecule has 12 heavy (non-hydrogen) atoms. The van der Waals surface area contributed by atoms with Gasteiger partial charge >= 0.3 is 0 Å². The normalized spacial score (nSPS) is 13.3. The molecule has 0 aliphatic carbocycles. The third kappa shape index (κ3) is 2.62. The third-order valence-corrected chi connectivity index (χ3v) is 1.88. The van der Waals surface area contributed by atoms with E-state index in [-0.39, 0.29) is 6.04 Å². The molecule has 1 unspecified atom stereocenters. The van der Waals surface area contributed by atoms with Crippen molar-refractivity contribution in [3.05, 3.63) is 35.9 Å². The van der Waals surface area contributed by atoms with Crippen LogP contribution in [0.25, 0.3) is 0 Å². The van der Waals surface area contributed by atoms with Crippen molar-refractivity contribution in [1.29, 1.82) is 0 Å². The number of hydrogen-bond acceptors (Lipinski definition) is 3. The van der Waals surface area contributed by atoms with Crippen molar-refractivity contribution in [2.24, 2.45) is 11.7 Å². The Morgan fingerprint density at radius 1 is 1.25 bits per heavy atom. The molecular formula is C9H15N3. The summed E-state index contributed by atoms with van der Waals surface area (Å²) in [5.74, 6) is 10.8. The Kier molecular flexibility index (Phi) is 3.22. The Bertz CT molecular complexity index is 220. The summed E-state index contributed by atoms with van der Waals surface area (Å²) < 4.78 is 0. The first-order valence-electron chi connectivity index (χ1n) is 4.02. The van der Waals surface area contributed by atoms with Crippen molar-refractivity contribution in [3.8, 4) is 0 Å². The molecule has 3 heteroatoms. The van der Waals surface area contributed by atoms with Crippen LogP contribution in [0.3, 0.4) is 0 Å². The van der Waals surface area contributed by atoms with Crippen LogP contribution in [-0.4, -0.2) is 11.2 Å². The van der Waals surface area contributed by atoms with Crippen molar-refractivity contribution >= 4 is 0 Å². The Balaban J connectivity index is 2.53. The fraction of sp³-hybridized carbons (Fsp3) is 0.333. The highest BCUT2D eigenvalue weighted by Gasteiger charge is 2.05. The molecule has 0 saturated carbocycles. The monoisotopic (exact) mass is 165 g/mol. The molecule has 0 spiro atoms. The Labute approximate surface area is 72.9 Å². The topological polar surface area (TPSA) is 55.3 Å². The van der Waals surface area contributed by atoms with Gasteiger partial charge in [-0.3, -0.25) is 11.7 Å². The second kappa shape index (κ2) is 4.21. The van der Waals surface area contributed by atoms with Gasteiger partial charge in [0.25, 0.3) is 0 Å². The summed E-state index contributed by atoms with van der Waals surface area (Å²) in [6, 6.07) is 10.3. The fourth-order valence-corrected chi connectivity index (χ4v) is 1.06. The molecule has 0 fully saturated rings. The van der Waals surface area contributed by atoms with E-state index in [1.54, 1.807) is 0 Å². The molecule has 0 radical (unpaired) electrons. The van der Waals surface area contributed by atoms with E-state index in [9.17, 15) is 0 Å². The lowest BCUT2D eigenvalue weighted by molar-refractivity contribution is 0.218. The average molecular weight is 165 g/mol. The largest absolute Gasteiger partial charge is 0.255 e. The van der Waals surface area contributed by atoms with Crippen molar-refractivity contribution < 1.29 is 0 Å². The lowest BCUT2D eigenvalue weighted by Crippen LogP contribution is -2.45. The molecule has 0 aliphatic rings. The molecule has 0 bridgehead atoms. The van der Waals surface area contributed by atoms with Crippen molar-refractivity contribution in [2.75, 3.05) is 0 Å². The first-order valence-corrected chi connectivity index (χ1v) is 4.02. The van der Waals surface area contributed by atoms with Crippen LogP contribution in [0.4, 0.5) is 0 Å². The molecule has 3 nitrogen and oxygen atoms in total. The zero-order valence-corrected chi connectivity index (χ0v) is 7.27. The van der Waals surface area contributed by atoms with Gasteiger partial charge in [-0.15, -0.1) is 0 Å². The van der Waals surface area contributed by atoms with E-state index >= 15 is 0 Å². The number of benzene rings is 1. The van der Waals surface area contributed by atoms with Crippen LogP contribution in [0, 0.1) is 0 Å². The average Bonchev–Trinajstić information content (AvgIpc) is 2.06. The minimum Gasteiger partial charge on any atom is -0.255 e. The number of nitrogens with zero attached hydrogens (tertiary/aromatic N) is 1. The van der Waals surface area contributed by atoms with E-state index in [4.69, 9.17) is 11.7 Å². The molecule has 1 atom stereocenters. The minimum atomic E-state index is 0.174. The van der Waals surface area contributed by atoms with E-state index < -0.39 is 0 Å². The van der Waals surface area contributed by atoms with Gasteiger partial charge in [0.15, 0.2) is 0 Å². The summed E-state index contributed by atoms with van der Waals surface area (Å²) >= 11 is 0. The maximum absolute atomic E-state index is 5.39. The first kappa shape index (κ1) is 9.19. The van der Waals surface area contributed by atoms with Crippen LogP contribution < -0.4 is 11.7 Å². The Hall–Kier alpha value is -0.900.